The minimum Gasteiger partial charge on any atom is -0.394 e. The van der Waals surface area contributed by atoms with E-state index in [0.29, 0.717) is 6.61 Å². The van der Waals surface area contributed by atoms with Crippen LogP contribution in [0.15, 0.2) is 0 Å². The molecule has 0 saturated carbocycles. The van der Waals surface area contributed by atoms with Gasteiger partial charge in [0.1, 0.15) is 0 Å². The third-order valence-corrected chi connectivity index (χ3v) is 3.02. The van der Waals surface area contributed by atoms with E-state index >= 15 is 0 Å². The van der Waals surface area contributed by atoms with Crippen molar-refractivity contribution in [3.63, 3.8) is 0 Å². The second-order valence-corrected chi connectivity index (χ2v) is 4.25. The van der Waals surface area contributed by atoms with Crippen molar-refractivity contribution >= 4 is 11.5 Å². The number of aromatic nitrogens is 2. The fourth-order valence-corrected chi connectivity index (χ4v) is 2.19. The number of likely N-dealkylation sites (N-methyl/N-ethyl adjacent to an activating group) is 1. The molecule has 0 spiro atoms. The topological polar surface area (TPSA) is 56.3 Å². The Bertz CT molecular complexity index is 362. The minimum absolute atomic E-state index is 0.285. The molecule has 5 nitrogen and oxygen atoms in total. The van der Waals surface area contributed by atoms with Crippen molar-refractivity contribution in [3.05, 3.63) is 5.69 Å². The van der Waals surface area contributed by atoms with Crippen LogP contribution in [-0.2, 0) is 18.2 Å². The van der Waals surface area contributed by atoms with Crippen LogP contribution in [0.3, 0.4) is 0 Å². The largest absolute Gasteiger partial charge is 0.394 e. The summed E-state index contributed by atoms with van der Waals surface area (Å²) in [4.78, 5) is 2.23. The van der Waals surface area contributed by atoms with E-state index in [4.69, 9.17) is 10.5 Å². The van der Waals surface area contributed by atoms with E-state index in [2.05, 4.69) is 30.8 Å². The maximum absolute atomic E-state index is 6.16. The monoisotopic (exact) mass is 240 g/mol. The summed E-state index contributed by atoms with van der Waals surface area (Å²) in [6.45, 7) is 7.88. The Morgan fingerprint density at radius 1 is 1.47 bits per heavy atom. The van der Waals surface area contributed by atoms with Crippen molar-refractivity contribution in [1.82, 2.24) is 9.78 Å². The van der Waals surface area contributed by atoms with Crippen molar-refractivity contribution in [2.75, 3.05) is 30.9 Å². The molecule has 0 aliphatic rings. The fraction of sp³-hybridized carbons (Fsp3) is 0.750. The van der Waals surface area contributed by atoms with Crippen molar-refractivity contribution < 1.29 is 4.74 Å². The van der Waals surface area contributed by atoms with Gasteiger partial charge in [0.2, 0.25) is 0 Å². The van der Waals surface area contributed by atoms with Crippen LogP contribution < -0.4 is 10.6 Å². The summed E-state index contributed by atoms with van der Waals surface area (Å²) >= 11 is 0. The second-order valence-electron chi connectivity index (χ2n) is 4.25. The average molecular weight is 240 g/mol. The van der Waals surface area contributed by atoms with Crippen LogP contribution in [0.1, 0.15) is 26.5 Å². The van der Waals surface area contributed by atoms with Crippen LogP contribution in [0, 0.1) is 0 Å². The Hall–Kier alpha value is -1.23. The van der Waals surface area contributed by atoms with Crippen LogP contribution in [0.5, 0.6) is 0 Å². The molecule has 2 N–H and O–H groups in total. The molecule has 0 bridgehead atoms. The van der Waals surface area contributed by atoms with Gasteiger partial charge in [0.15, 0.2) is 5.82 Å². The lowest BCUT2D eigenvalue weighted by molar-refractivity contribution is 0.181. The quantitative estimate of drug-likeness (QED) is 0.817. The van der Waals surface area contributed by atoms with Gasteiger partial charge in [-0.2, -0.15) is 5.10 Å². The number of nitrogens with zero attached hydrogens (tertiary/aromatic N) is 3. The Kier molecular flexibility index (Phi) is 4.81. The molecule has 0 aliphatic carbocycles. The predicted molar refractivity (Wildman–Crippen MR) is 71.4 cm³/mol. The first-order valence-electron chi connectivity index (χ1n) is 6.13. The number of nitrogen functional groups attached to an aromatic ring is 1. The van der Waals surface area contributed by atoms with Crippen LogP contribution in [-0.4, -0.2) is 36.1 Å². The van der Waals surface area contributed by atoms with E-state index < -0.39 is 0 Å². The van der Waals surface area contributed by atoms with Gasteiger partial charge in [0.25, 0.3) is 0 Å². The van der Waals surface area contributed by atoms with Gasteiger partial charge >= 0.3 is 0 Å². The second kappa shape index (κ2) is 5.91. The van der Waals surface area contributed by atoms with E-state index in [1.807, 2.05) is 11.7 Å². The Balaban J connectivity index is 3.07. The number of methoxy groups -OCH3 is 1. The predicted octanol–water partition coefficient (Wildman–Crippen LogP) is 1.43. The number of rotatable bonds is 6. The van der Waals surface area contributed by atoms with Crippen molar-refractivity contribution in [3.8, 4) is 0 Å². The number of aryl methyl sites for hydroxylation is 2. The molecule has 1 aromatic heterocycles. The summed E-state index contributed by atoms with van der Waals surface area (Å²) < 4.78 is 7.07. The van der Waals surface area contributed by atoms with Gasteiger partial charge in [0, 0.05) is 20.7 Å². The molecule has 1 unspecified atom stereocenters. The Labute approximate surface area is 104 Å². The molecule has 1 rings (SSSR count). The number of nitrogens with two attached hydrogens (primary N) is 1. The van der Waals surface area contributed by atoms with Gasteiger partial charge in [-0.3, -0.25) is 4.68 Å². The first kappa shape index (κ1) is 13.8. The molecule has 0 aromatic carbocycles. The molecule has 5 heteroatoms. The van der Waals surface area contributed by atoms with Gasteiger partial charge in [-0.15, -0.1) is 0 Å². The van der Waals surface area contributed by atoms with Gasteiger partial charge in [-0.25, -0.2) is 0 Å². The summed E-state index contributed by atoms with van der Waals surface area (Å²) in [7, 11) is 3.65. The van der Waals surface area contributed by atoms with Gasteiger partial charge < -0.3 is 15.4 Å². The third kappa shape index (κ3) is 2.72. The maximum atomic E-state index is 6.16. The SMILES string of the molecule is CCc1nn(C)c(N(CC)C(C)COC)c1N. The first-order valence-corrected chi connectivity index (χ1v) is 6.13. The van der Waals surface area contributed by atoms with Crippen molar-refractivity contribution in [2.24, 2.45) is 7.05 Å². The highest BCUT2D eigenvalue weighted by Gasteiger charge is 2.21. The summed E-state index contributed by atoms with van der Waals surface area (Å²) in [6, 6.07) is 0.285. The molecular weight excluding hydrogens is 216 g/mol. The van der Waals surface area contributed by atoms with Crippen LogP contribution in [0.25, 0.3) is 0 Å². The van der Waals surface area contributed by atoms with Crippen LogP contribution >= 0.6 is 0 Å². The number of hydrogen-bond acceptors (Lipinski definition) is 4. The normalized spacial score (nSPS) is 12.8. The van der Waals surface area contributed by atoms with E-state index in [-0.39, 0.29) is 6.04 Å². The van der Waals surface area contributed by atoms with Gasteiger partial charge in [-0.05, 0) is 20.3 Å². The lowest BCUT2D eigenvalue weighted by Gasteiger charge is -2.29. The highest BCUT2D eigenvalue weighted by atomic mass is 16.5. The highest BCUT2D eigenvalue weighted by Crippen LogP contribution is 2.27. The fourth-order valence-electron chi connectivity index (χ4n) is 2.19. The molecule has 1 heterocycles. The summed E-state index contributed by atoms with van der Waals surface area (Å²) in [5.74, 6) is 0.994. The zero-order chi connectivity index (χ0) is 13.0. The molecule has 1 atom stereocenters. The molecule has 1 aromatic rings. The molecule has 0 saturated heterocycles. The number of hydrogen-bond donors (Lipinski definition) is 1. The van der Waals surface area contributed by atoms with Gasteiger partial charge in [0.05, 0.1) is 24.0 Å². The molecule has 0 aliphatic heterocycles. The smallest absolute Gasteiger partial charge is 0.150 e. The molecule has 0 radical (unpaired) electrons. The number of anilines is 2. The maximum Gasteiger partial charge on any atom is 0.150 e. The van der Waals surface area contributed by atoms with Crippen molar-refractivity contribution in [2.45, 2.75) is 33.2 Å². The van der Waals surface area contributed by atoms with E-state index in [0.717, 1.165) is 30.2 Å². The van der Waals surface area contributed by atoms with E-state index in [9.17, 15) is 0 Å². The zero-order valence-corrected chi connectivity index (χ0v) is 11.5. The lowest BCUT2D eigenvalue weighted by atomic mass is 10.2. The standard InChI is InChI=1S/C12H24N4O/c1-6-10-11(13)12(15(4)14-10)16(7-2)9(3)8-17-5/h9H,6-8,13H2,1-5H3. The van der Waals surface area contributed by atoms with E-state index in [1.165, 1.54) is 0 Å². The zero-order valence-electron chi connectivity index (χ0n) is 11.5. The summed E-state index contributed by atoms with van der Waals surface area (Å²) in [5.41, 5.74) is 7.91. The lowest BCUT2D eigenvalue weighted by Crippen LogP contribution is -2.37. The summed E-state index contributed by atoms with van der Waals surface area (Å²) in [6.07, 6.45) is 0.857. The molecule has 0 amide bonds. The Morgan fingerprint density at radius 3 is 2.53 bits per heavy atom. The van der Waals surface area contributed by atoms with Gasteiger partial charge in [-0.1, -0.05) is 6.92 Å². The molecule has 0 fully saturated rings. The van der Waals surface area contributed by atoms with Crippen LogP contribution in [0.2, 0.25) is 0 Å². The number of ether oxygens (including phenoxy) is 1. The molecule has 17 heavy (non-hydrogen) atoms. The average Bonchev–Trinajstić information content (AvgIpc) is 2.58. The summed E-state index contributed by atoms with van der Waals surface area (Å²) in [5, 5.41) is 4.45. The first-order chi connectivity index (χ1) is 8.06. The third-order valence-electron chi connectivity index (χ3n) is 3.02. The highest BCUT2D eigenvalue weighted by molar-refractivity contribution is 5.66. The molecular formula is C12H24N4O. The van der Waals surface area contributed by atoms with E-state index in [1.54, 1.807) is 7.11 Å². The molecule has 98 valence electrons. The van der Waals surface area contributed by atoms with Crippen LogP contribution in [0.4, 0.5) is 11.5 Å². The van der Waals surface area contributed by atoms with Crippen molar-refractivity contribution in [1.29, 1.82) is 0 Å². The minimum atomic E-state index is 0.285. The Morgan fingerprint density at radius 2 is 2.12 bits per heavy atom.